The number of anilines is 1. The van der Waals surface area contributed by atoms with Crippen LogP contribution < -0.4 is 14.8 Å². The summed E-state index contributed by atoms with van der Waals surface area (Å²) in [5, 5.41) is 31.9. The number of carboxylic acid groups (broad SMARTS) is 1. The number of ether oxygens (including phenoxy) is 2. The van der Waals surface area contributed by atoms with Crippen molar-refractivity contribution in [1.29, 1.82) is 5.26 Å². The highest BCUT2D eigenvalue weighted by Gasteiger charge is 2.22. The minimum Gasteiger partial charge on any atom is -0.493 e. The Bertz CT molecular complexity index is 1090. The third kappa shape index (κ3) is 5.73. The van der Waals surface area contributed by atoms with Gasteiger partial charge in [0.2, 0.25) is 0 Å². The molecule has 0 fully saturated rings. The van der Waals surface area contributed by atoms with E-state index in [1.807, 2.05) is 0 Å². The predicted octanol–water partition coefficient (Wildman–Crippen LogP) is 3.45. The number of benzene rings is 2. The second kappa shape index (κ2) is 9.79. The number of amides is 1. The maximum atomic E-state index is 12.5. The van der Waals surface area contributed by atoms with Crippen molar-refractivity contribution in [2.45, 2.75) is 6.61 Å². The van der Waals surface area contributed by atoms with Gasteiger partial charge in [-0.1, -0.05) is 0 Å². The van der Waals surface area contributed by atoms with Gasteiger partial charge in [-0.3, -0.25) is 14.9 Å². The molecule has 2 N–H and O–H groups in total. The third-order valence-corrected chi connectivity index (χ3v) is 3.78. The van der Waals surface area contributed by atoms with Gasteiger partial charge in [0.15, 0.2) is 11.5 Å². The fourth-order valence-electron chi connectivity index (χ4n) is 2.38. The average Bonchev–Trinajstić information content (AvgIpc) is 2.72. The number of alkyl halides is 2. The van der Waals surface area contributed by atoms with E-state index in [0.717, 1.165) is 19.3 Å². The largest absolute Gasteiger partial charge is 0.493 e. The van der Waals surface area contributed by atoms with Crippen molar-refractivity contribution >= 4 is 29.3 Å². The first-order valence-electron chi connectivity index (χ1n) is 8.24. The Kier molecular flexibility index (Phi) is 7.19. The number of carbonyl (C=O) groups is 2. The molecule has 1 amide bonds. The second-order valence-corrected chi connectivity index (χ2v) is 5.70. The highest BCUT2D eigenvalue weighted by Crippen LogP contribution is 2.36. The number of methoxy groups -OCH3 is 1. The van der Waals surface area contributed by atoms with Crippen LogP contribution in [0.15, 0.2) is 42.0 Å². The van der Waals surface area contributed by atoms with Crippen LogP contribution in [0.25, 0.3) is 6.08 Å². The van der Waals surface area contributed by atoms with Crippen molar-refractivity contribution in [3.05, 3.63) is 63.2 Å². The fourth-order valence-corrected chi connectivity index (χ4v) is 2.38. The molecule has 0 atom stereocenters. The normalized spacial score (nSPS) is 10.9. The van der Waals surface area contributed by atoms with Gasteiger partial charge >= 0.3 is 12.6 Å². The van der Waals surface area contributed by atoms with Gasteiger partial charge in [-0.2, -0.15) is 14.0 Å². The number of nitriles is 1. The van der Waals surface area contributed by atoms with Crippen molar-refractivity contribution in [2.75, 3.05) is 12.4 Å². The van der Waals surface area contributed by atoms with E-state index in [1.165, 1.54) is 24.3 Å². The van der Waals surface area contributed by atoms with Gasteiger partial charge in [0.05, 0.1) is 29.2 Å². The molecule has 0 heterocycles. The SMILES string of the molecule is COc1cc(/C=C(\C#N)C(=O)Nc2ccc(C(=O)O)cc2)c([N+](=O)[O-])cc1OC(F)F. The van der Waals surface area contributed by atoms with Crippen LogP contribution in [0.5, 0.6) is 11.5 Å². The summed E-state index contributed by atoms with van der Waals surface area (Å²) in [6.07, 6.45) is 0.883. The summed E-state index contributed by atoms with van der Waals surface area (Å²) in [5.41, 5.74) is -1.37. The number of rotatable bonds is 8. The summed E-state index contributed by atoms with van der Waals surface area (Å²) in [4.78, 5) is 33.7. The molecule has 0 aliphatic rings. The number of hydrogen-bond acceptors (Lipinski definition) is 7. The van der Waals surface area contributed by atoms with Gasteiger partial charge in [-0.05, 0) is 36.4 Å². The molecule has 0 radical (unpaired) electrons. The van der Waals surface area contributed by atoms with Gasteiger partial charge in [0, 0.05) is 5.69 Å². The number of nitrogens with one attached hydrogen (secondary N) is 1. The fraction of sp³-hybridized carbons (Fsp3) is 0.105. The molecule has 2 aromatic carbocycles. The molecule has 2 aromatic rings. The third-order valence-electron chi connectivity index (χ3n) is 3.78. The zero-order valence-corrected chi connectivity index (χ0v) is 15.7. The van der Waals surface area contributed by atoms with Crippen LogP contribution in [0.2, 0.25) is 0 Å². The zero-order chi connectivity index (χ0) is 23.1. The molecule has 10 nitrogen and oxygen atoms in total. The number of carboxylic acids is 1. The standard InChI is InChI=1S/C19H13F2N3O7/c1-30-15-7-11(14(24(28)29)8-16(15)31-19(20)21)6-12(9-22)17(25)23-13-4-2-10(3-5-13)18(26)27/h2-8,19H,1H3,(H,23,25)(H,26,27)/b12-6+. The van der Waals surface area contributed by atoms with Crippen molar-refractivity contribution in [3.8, 4) is 17.6 Å². The van der Waals surface area contributed by atoms with E-state index in [9.17, 15) is 33.7 Å². The second-order valence-electron chi connectivity index (χ2n) is 5.70. The minimum absolute atomic E-state index is 0.0251. The lowest BCUT2D eigenvalue weighted by molar-refractivity contribution is -0.385. The molecule has 2 rings (SSSR count). The topological polar surface area (TPSA) is 152 Å². The molecule has 0 saturated carbocycles. The van der Waals surface area contributed by atoms with Crippen LogP contribution in [0, 0.1) is 21.4 Å². The summed E-state index contributed by atoms with van der Waals surface area (Å²) >= 11 is 0. The first-order chi connectivity index (χ1) is 14.7. The Labute approximate surface area is 173 Å². The van der Waals surface area contributed by atoms with E-state index in [4.69, 9.17) is 9.84 Å². The summed E-state index contributed by atoms with van der Waals surface area (Å²) < 4.78 is 34.1. The minimum atomic E-state index is -3.26. The number of nitro benzene ring substituents is 1. The molecule has 12 heteroatoms. The molecular formula is C19H13F2N3O7. The smallest absolute Gasteiger partial charge is 0.387 e. The van der Waals surface area contributed by atoms with Crippen LogP contribution in [0.3, 0.4) is 0 Å². The summed E-state index contributed by atoms with van der Waals surface area (Å²) in [7, 11) is 1.12. The Hall–Kier alpha value is -4.53. The maximum absolute atomic E-state index is 12.5. The van der Waals surface area contributed by atoms with Crippen molar-refractivity contribution in [1.82, 2.24) is 0 Å². The van der Waals surface area contributed by atoms with E-state index < -0.39 is 40.4 Å². The number of carbonyl (C=O) groups excluding carboxylic acids is 1. The summed E-state index contributed by atoms with van der Waals surface area (Å²) in [5.74, 6) is -2.98. The van der Waals surface area contributed by atoms with E-state index in [1.54, 1.807) is 6.07 Å². The zero-order valence-electron chi connectivity index (χ0n) is 15.7. The molecule has 0 spiro atoms. The number of aromatic carboxylic acids is 1. The van der Waals surface area contributed by atoms with Crippen LogP contribution in [-0.2, 0) is 4.79 Å². The molecule has 0 saturated heterocycles. The van der Waals surface area contributed by atoms with Crippen LogP contribution in [0.1, 0.15) is 15.9 Å². The summed E-state index contributed by atoms with van der Waals surface area (Å²) in [6, 6.07) is 8.29. The Morgan fingerprint density at radius 1 is 1.26 bits per heavy atom. The van der Waals surface area contributed by atoms with E-state index in [2.05, 4.69) is 10.1 Å². The molecule has 0 aliphatic heterocycles. The first kappa shape index (κ1) is 22.8. The lowest BCUT2D eigenvalue weighted by Crippen LogP contribution is -2.13. The Morgan fingerprint density at radius 2 is 1.90 bits per heavy atom. The van der Waals surface area contributed by atoms with Gasteiger partial charge in [-0.25, -0.2) is 4.79 Å². The van der Waals surface area contributed by atoms with Crippen molar-refractivity contribution in [2.24, 2.45) is 0 Å². The van der Waals surface area contributed by atoms with Crippen LogP contribution >= 0.6 is 0 Å². The lowest BCUT2D eigenvalue weighted by Gasteiger charge is -2.11. The summed E-state index contributed by atoms with van der Waals surface area (Å²) in [6.45, 7) is -3.26. The first-order valence-corrected chi connectivity index (χ1v) is 8.24. The molecule has 0 unspecified atom stereocenters. The number of nitrogens with zero attached hydrogens (tertiary/aromatic N) is 2. The molecule has 160 valence electrons. The highest BCUT2D eigenvalue weighted by atomic mass is 19.3. The van der Waals surface area contributed by atoms with Gasteiger partial charge in [-0.15, -0.1) is 0 Å². The van der Waals surface area contributed by atoms with Crippen LogP contribution in [-0.4, -0.2) is 35.6 Å². The number of nitro groups is 1. The molecular weight excluding hydrogens is 420 g/mol. The number of halogens is 2. The molecule has 0 aliphatic carbocycles. The highest BCUT2D eigenvalue weighted by molar-refractivity contribution is 6.10. The van der Waals surface area contributed by atoms with Crippen LogP contribution in [0.4, 0.5) is 20.2 Å². The molecule has 0 bridgehead atoms. The predicted molar refractivity (Wildman–Crippen MR) is 102 cm³/mol. The van der Waals surface area contributed by atoms with Gasteiger partial charge < -0.3 is 19.9 Å². The van der Waals surface area contributed by atoms with Gasteiger partial charge in [0.1, 0.15) is 11.6 Å². The monoisotopic (exact) mass is 433 g/mol. The molecule has 31 heavy (non-hydrogen) atoms. The van der Waals surface area contributed by atoms with E-state index >= 15 is 0 Å². The Balaban J connectivity index is 2.41. The van der Waals surface area contributed by atoms with E-state index in [0.29, 0.717) is 6.07 Å². The average molecular weight is 433 g/mol. The molecule has 0 aromatic heterocycles. The number of hydrogen-bond donors (Lipinski definition) is 2. The quantitative estimate of drug-likeness (QED) is 0.278. The van der Waals surface area contributed by atoms with E-state index in [-0.39, 0.29) is 22.6 Å². The lowest BCUT2D eigenvalue weighted by atomic mass is 10.1. The van der Waals surface area contributed by atoms with Crippen molar-refractivity contribution < 1.29 is 37.9 Å². The maximum Gasteiger partial charge on any atom is 0.387 e. The Morgan fingerprint density at radius 3 is 2.39 bits per heavy atom. The van der Waals surface area contributed by atoms with Crippen molar-refractivity contribution in [3.63, 3.8) is 0 Å². The van der Waals surface area contributed by atoms with Gasteiger partial charge in [0.25, 0.3) is 11.6 Å².